The topological polar surface area (TPSA) is 96.0 Å². The van der Waals surface area contributed by atoms with Crippen molar-refractivity contribution in [2.45, 2.75) is 11.4 Å². The molecular formula is C14H13N3O2S. The molecule has 2 rings (SSSR count). The molecule has 0 bridgehead atoms. The Morgan fingerprint density at radius 2 is 1.85 bits per heavy atom. The molecule has 0 saturated carbocycles. The molecule has 0 atom stereocenters. The first kappa shape index (κ1) is 14.1. The first-order valence-electron chi connectivity index (χ1n) is 5.85. The van der Waals surface area contributed by atoms with E-state index < -0.39 is 10.0 Å². The zero-order valence-electron chi connectivity index (χ0n) is 10.6. The number of anilines is 1. The smallest absolute Gasteiger partial charge is 0.240 e. The molecule has 2 aromatic rings. The van der Waals surface area contributed by atoms with E-state index in [1.54, 1.807) is 24.3 Å². The van der Waals surface area contributed by atoms with Crippen LogP contribution in [0.4, 0.5) is 5.69 Å². The maximum atomic E-state index is 12.1. The van der Waals surface area contributed by atoms with Crippen molar-refractivity contribution in [1.82, 2.24) is 4.72 Å². The molecule has 5 nitrogen and oxygen atoms in total. The van der Waals surface area contributed by atoms with Gasteiger partial charge in [-0.05, 0) is 42.0 Å². The van der Waals surface area contributed by atoms with Crippen LogP contribution in [-0.4, -0.2) is 8.42 Å². The van der Waals surface area contributed by atoms with Crippen LogP contribution in [-0.2, 0) is 16.6 Å². The van der Waals surface area contributed by atoms with Gasteiger partial charge in [-0.2, -0.15) is 5.26 Å². The third-order valence-corrected chi connectivity index (χ3v) is 4.13. The number of rotatable bonds is 4. The average molecular weight is 287 g/mol. The van der Waals surface area contributed by atoms with Gasteiger partial charge in [0.1, 0.15) is 0 Å². The molecule has 0 unspecified atom stereocenters. The van der Waals surface area contributed by atoms with Crippen LogP contribution in [0.15, 0.2) is 53.4 Å². The van der Waals surface area contributed by atoms with E-state index in [9.17, 15) is 8.42 Å². The summed E-state index contributed by atoms with van der Waals surface area (Å²) in [5.41, 5.74) is 7.25. The van der Waals surface area contributed by atoms with E-state index in [-0.39, 0.29) is 11.4 Å². The lowest BCUT2D eigenvalue weighted by Gasteiger charge is -2.07. The zero-order chi connectivity index (χ0) is 14.6. The summed E-state index contributed by atoms with van der Waals surface area (Å²) in [6.07, 6.45) is 0. The predicted octanol–water partition coefficient (Wildman–Crippen LogP) is 1.62. The highest BCUT2D eigenvalue weighted by atomic mass is 32.2. The first-order valence-corrected chi connectivity index (χ1v) is 7.34. The largest absolute Gasteiger partial charge is 0.399 e. The van der Waals surface area contributed by atoms with Crippen molar-refractivity contribution in [2.75, 3.05) is 5.73 Å². The number of sulfonamides is 1. The summed E-state index contributed by atoms with van der Waals surface area (Å²) in [5, 5.41) is 8.79. The van der Waals surface area contributed by atoms with Crippen molar-refractivity contribution >= 4 is 15.7 Å². The third kappa shape index (κ3) is 3.35. The number of hydrogen-bond acceptors (Lipinski definition) is 4. The molecule has 0 radical (unpaired) electrons. The van der Waals surface area contributed by atoms with E-state index in [1.165, 1.54) is 24.3 Å². The second kappa shape index (κ2) is 5.74. The lowest BCUT2D eigenvalue weighted by molar-refractivity contribution is 0.581. The third-order valence-electron chi connectivity index (χ3n) is 2.71. The Balaban J connectivity index is 2.13. The standard InChI is InChI=1S/C14H13N3O2S/c15-9-11-2-1-3-12(8-11)10-17-20(18,19)14-6-4-13(16)5-7-14/h1-8,17H,10,16H2. The summed E-state index contributed by atoms with van der Waals surface area (Å²) in [5.74, 6) is 0. The van der Waals surface area contributed by atoms with Crippen LogP contribution < -0.4 is 10.5 Å². The summed E-state index contributed by atoms with van der Waals surface area (Å²) >= 11 is 0. The minimum Gasteiger partial charge on any atom is -0.399 e. The summed E-state index contributed by atoms with van der Waals surface area (Å²) < 4.78 is 26.6. The number of benzene rings is 2. The number of nitrogens with one attached hydrogen (secondary N) is 1. The van der Waals surface area contributed by atoms with Crippen molar-refractivity contribution < 1.29 is 8.42 Å². The van der Waals surface area contributed by atoms with Gasteiger partial charge in [-0.1, -0.05) is 12.1 Å². The van der Waals surface area contributed by atoms with Crippen LogP contribution in [0.1, 0.15) is 11.1 Å². The first-order chi connectivity index (χ1) is 9.51. The van der Waals surface area contributed by atoms with Gasteiger partial charge in [0.05, 0.1) is 16.5 Å². The van der Waals surface area contributed by atoms with E-state index in [2.05, 4.69) is 4.72 Å². The predicted molar refractivity (Wildman–Crippen MR) is 76.0 cm³/mol. The quantitative estimate of drug-likeness (QED) is 0.835. The highest BCUT2D eigenvalue weighted by Crippen LogP contribution is 2.12. The van der Waals surface area contributed by atoms with E-state index in [4.69, 9.17) is 11.0 Å². The molecule has 0 aliphatic carbocycles. The fourth-order valence-electron chi connectivity index (χ4n) is 1.66. The molecule has 0 aliphatic heterocycles. The van der Waals surface area contributed by atoms with Crippen LogP contribution >= 0.6 is 0 Å². The fourth-order valence-corrected chi connectivity index (χ4v) is 2.68. The molecule has 0 heterocycles. The zero-order valence-corrected chi connectivity index (χ0v) is 11.4. The normalized spacial score (nSPS) is 10.9. The molecule has 0 saturated heterocycles. The molecule has 0 aromatic heterocycles. The second-order valence-corrected chi connectivity index (χ2v) is 5.97. The van der Waals surface area contributed by atoms with Crippen molar-refractivity contribution in [3.63, 3.8) is 0 Å². The molecule has 0 spiro atoms. The Kier molecular flexibility index (Phi) is 4.03. The van der Waals surface area contributed by atoms with E-state index in [1.807, 2.05) is 6.07 Å². The second-order valence-electron chi connectivity index (χ2n) is 4.21. The molecule has 0 amide bonds. The number of nitrogens with two attached hydrogens (primary N) is 1. The van der Waals surface area contributed by atoms with Crippen molar-refractivity contribution in [3.8, 4) is 6.07 Å². The lowest BCUT2D eigenvalue weighted by atomic mass is 10.1. The van der Waals surface area contributed by atoms with Gasteiger partial charge in [-0.3, -0.25) is 0 Å². The van der Waals surface area contributed by atoms with Crippen LogP contribution in [0.2, 0.25) is 0 Å². The van der Waals surface area contributed by atoms with Crippen molar-refractivity contribution in [3.05, 3.63) is 59.7 Å². The van der Waals surface area contributed by atoms with Crippen molar-refractivity contribution in [2.24, 2.45) is 0 Å². The summed E-state index contributed by atoms with van der Waals surface area (Å²) in [6, 6.07) is 14.8. The van der Waals surface area contributed by atoms with Gasteiger partial charge in [0.2, 0.25) is 10.0 Å². The van der Waals surface area contributed by atoms with E-state index in [0.717, 1.165) is 5.56 Å². The maximum Gasteiger partial charge on any atom is 0.240 e. The minimum absolute atomic E-state index is 0.127. The molecule has 3 N–H and O–H groups in total. The van der Waals surface area contributed by atoms with Gasteiger partial charge in [-0.15, -0.1) is 0 Å². The molecule has 0 aliphatic rings. The van der Waals surface area contributed by atoms with Crippen LogP contribution in [0.25, 0.3) is 0 Å². The average Bonchev–Trinajstić information content (AvgIpc) is 2.46. The van der Waals surface area contributed by atoms with Gasteiger partial charge in [-0.25, -0.2) is 13.1 Å². The van der Waals surface area contributed by atoms with Gasteiger partial charge >= 0.3 is 0 Å². The van der Waals surface area contributed by atoms with Gasteiger partial charge in [0, 0.05) is 12.2 Å². The number of nitrogen functional groups attached to an aromatic ring is 1. The van der Waals surface area contributed by atoms with Crippen LogP contribution in [0.5, 0.6) is 0 Å². The van der Waals surface area contributed by atoms with Crippen LogP contribution in [0, 0.1) is 11.3 Å². The van der Waals surface area contributed by atoms with Gasteiger partial charge in [0.25, 0.3) is 0 Å². The Labute approximate surface area is 117 Å². The van der Waals surface area contributed by atoms with Gasteiger partial charge < -0.3 is 5.73 Å². The number of hydrogen-bond donors (Lipinski definition) is 2. The number of nitriles is 1. The SMILES string of the molecule is N#Cc1cccc(CNS(=O)(=O)c2ccc(N)cc2)c1. The molecule has 2 aromatic carbocycles. The Morgan fingerprint density at radius 1 is 1.15 bits per heavy atom. The summed E-state index contributed by atoms with van der Waals surface area (Å²) in [7, 11) is -3.58. The molecule has 20 heavy (non-hydrogen) atoms. The Morgan fingerprint density at radius 3 is 2.50 bits per heavy atom. The Bertz CT molecular complexity index is 747. The monoisotopic (exact) mass is 287 g/mol. The van der Waals surface area contributed by atoms with E-state index in [0.29, 0.717) is 11.3 Å². The molecule has 102 valence electrons. The summed E-state index contributed by atoms with van der Waals surface area (Å²) in [4.78, 5) is 0.156. The molecule has 0 fully saturated rings. The van der Waals surface area contributed by atoms with Crippen LogP contribution in [0.3, 0.4) is 0 Å². The van der Waals surface area contributed by atoms with E-state index >= 15 is 0 Å². The molecular weight excluding hydrogens is 274 g/mol. The minimum atomic E-state index is -3.58. The fraction of sp³-hybridized carbons (Fsp3) is 0.0714. The molecule has 6 heteroatoms. The summed E-state index contributed by atoms with van der Waals surface area (Å²) in [6.45, 7) is 0.127. The van der Waals surface area contributed by atoms with Crippen molar-refractivity contribution in [1.29, 1.82) is 5.26 Å². The highest BCUT2D eigenvalue weighted by molar-refractivity contribution is 7.89. The maximum absolute atomic E-state index is 12.1. The number of nitrogens with zero attached hydrogens (tertiary/aromatic N) is 1. The van der Waals surface area contributed by atoms with Gasteiger partial charge in [0.15, 0.2) is 0 Å². The lowest BCUT2D eigenvalue weighted by Crippen LogP contribution is -2.23. The highest BCUT2D eigenvalue weighted by Gasteiger charge is 2.13. The Hall–Kier alpha value is -2.36.